The van der Waals surface area contributed by atoms with Crippen LogP contribution in [0.4, 0.5) is 17.5 Å². The molecule has 0 fully saturated rings. The number of amides is 1. The number of hydrogen-bond donors (Lipinski definition) is 1. The molecule has 1 aliphatic heterocycles. The highest BCUT2D eigenvalue weighted by Crippen LogP contribution is 2.28. The summed E-state index contributed by atoms with van der Waals surface area (Å²) in [4.78, 5) is 25.1. The third-order valence-corrected chi connectivity index (χ3v) is 4.05. The average Bonchev–Trinajstić information content (AvgIpc) is 2.61. The van der Waals surface area contributed by atoms with Crippen LogP contribution < -0.4 is 19.9 Å². The van der Waals surface area contributed by atoms with Crippen molar-refractivity contribution in [2.24, 2.45) is 0 Å². The Morgan fingerprint density at radius 3 is 2.68 bits per heavy atom. The van der Waals surface area contributed by atoms with Gasteiger partial charge in [-0.25, -0.2) is 4.98 Å². The first-order valence-corrected chi connectivity index (χ1v) is 8.23. The highest BCUT2D eigenvalue weighted by molar-refractivity contribution is 5.96. The number of para-hydroxylation sites is 1. The van der Waals surface area contributed by atoms with E-state index < -0.39 is 6.10 Å². The Morgan fingerprint density at radius 1 is 1.20 bits per heavy atom. The molecule has 7 heteroatoms. The predicted molar refractivity (Wildman–Crippen MR) is 98.5 cm³/mol. The Morgan fingerprint density at radius 2 is 1.96 bits per heavy atom. The zero-order valence-corrected chi connectivity index (χ0v) is 15.0. The van der Waals surface area contributed by atoms with Gasteiger partial charge < -0.3 is 19.9 Å². The van der Waals surface area contributed by atoms with Gasteiger partial charge in [-0.15, -0.1) is 0 Å². The Balaban J connectivity index is 1.77. The fourth-order valence-corrected chi connectivity index (χ4v) is 2.73. The molecule has 1 aromatic carbocycles. The normalized spacial score (nSPS) is 15.8. The van der Waals surface area contributed by atoms with Gasteiger partial charge in [0.15, 0.2) is 11.9 Å². The van der Waals surface area contributed by atoms with Crippen molar-refractivity contribution in [3.8, 4) is 5.75 Å². The lowest BCUT2D eigenvalue weighted by Gasteiger charge is -2.26. The van der Waals surface area contributed by atoms with Crippen LogP contribution in [0.5, 0.6) is 5.75 Å². The fourth-order valence-electron chi connectivity index (χ4n) is 2.73. The van der Waals surface area contributed by atoms with Gasteiger partial charge in [0.2, 0.25) is 5.95 Å². The highest BCUT2D eigenvalue weighted by Gasteiger charge is 2.27. The Kier molecular flexibility index (Phi) is 4.74. The maximum atomic E-state index is 12.7. The van der Waals surface area contributed by atoms with E-state index in [1.807, 2.05) is 62.3 Å². The van der Waals surface area contributed by atoms with Crippen LogP contribution in [-0.4, -0.2) is 50.2 Å². The summed E-state index contributed by atoms with van der Waals surface area (Å²) >= 11 is 0. The summed E-state index contributed by atoms with van der Waals surface area (Å²) < 4.78 is 5.85. The number of nitrogens with zero attached hydrogens (tertiary/aromatic N) is 4. The number of anilines is 3. The Bertz CT molecular complexity index is 776. The quantitative estimate of drug-likeness (QED) is 0.916. The van der Waals surface area contributed by atoms with Crippen molar-refractivity contribution in [2.75, 3.05) is 43.3 Å². The molecule has 7 nitrogen and oxygen atoms in total. The van der Waals surface area contributed by atoms with Crippen LogP contribution in [0.25, 0.3) is 0 Å². The lowest BCUT2D eigenvalue weighted by atomic mass is 10.0. The van der Waals surface area contributed by atoms with E-state index in [1.165, 1.54) is 0 Å². The number of rotatable bonds is 4. The van der Waals surface area contributed by atoms with Gasteiger partial charge in [0.25, 0.3) is 5.91 Å². The minimum absolute atomic E-state index is 0.182. The van der Waals surface area contributed by atoms with Crippen LogP contribution >= 0.6 is 0 Å². The second-order valence-electron chi connectivity index (χ2n) is 6.44. The SMILES string of the molecule is CN(C)c1ncc(NC(=O)C2CCc3ccccc3O2)c(N(C)C)n1. The number of aromatic nitrogens is 2. The molecule has 0 saturated carbocycles. The van der Waals surface area contributed by atoms with Crippen LogP contribution in [0, 0.1) is 0 Å². The molecular weight excluding hydrogens is 318 g/mol. The van der Waals surface area contributed by atoms with Gasteiger partial charge in [-0.3, -0.25) is 4.79 Å². The van der Waals surface area contributed by atoms with E-state index in [0.717, 1.165) is 17.7 Å². The standard InChI is InChI=1S/C18H23N5O2/c1-22(2)16-13(11-19-18(21-16)23(3)4)20-17(24)15-10-9-12-7-5-6-8-14(12)25-15/h5-8,11,15H,9-10H2,1-4H3,(H,20,24). The number of fused-ring (bicyclic) bond motifs is 1. The molecule has 1 aliphatic rings. The molecule has 0 radical (unpaired) electrons. The summed E-state index contributed by atoms with van der Waals surface area (Å²) in [5.74, 6) is 1.84. The van der Waals surface area contributed by atoms with Crippen LogP contribution in [0.1, 0.15) is 12.0 Å². The lowest BCUT2D eigenvalue weighted by molar-refractivity contribution is -0.123. The van der Waals surface area contributed by atoms with E-state index in [0.29, 0.717) is 23.9 Å². The maximum Gasteiger partial charge on any atom is 0.265 e. The van der Waals surface area contributed by atoms with Crippen LogP contribution in [0.15, 0.2) is 30.5 Å². The smallest absolute Gasteiger partial charge is 0.265 e. The van der Waals surface area contributed by atoms with Gasteiger partial charge in [0.1, 0.15) is 11.4 Å². The molecule has 3 rings (SSSR count). The zero-order chi connectivity index (χ0) is 18.0. The van der Waals surface area contributed by atoms with E-state index >= 15 is 0 Å². The molecule has 0 spiro atoms. The predicted octanol–water partition coefficient (Wildman–Crippen LogP) is 1.94. The zero-order valence-electron chi connectivity index (χ0n) is 15.0. The number of carbonyl (C=O) groups excluding carboxylic acids is 1. The molecular formula is C18H23N5O2. The van der Waals surface area contributed by atoms with E-state index in [9.17, 15) is 4.79 Å². The number of benzene rings is 1. The molecule has 25 heavy (non-hydrogen) atoms. The summed E-state index contributed by atoms with van der Waals surface area (Å²) in [5.41, 5.74) is 1.71. The van der Waals surface area contributed by atoms with Gasteiger partial charge in [0, 0.05) is 28.2 Å². The molecule has 1 N–H and O–H groups in total. The minimum Gasteiger partial charge on any atom is -0.480 e. The first-order chi connectivity index (χ1) is 12.0. The monoisotopic (exact) mass is 341 g/mol. The van der Waals surface area contributed by atoms with Gasteiger partial charge in [0.05, 0.1) is 6.20 Å². The molecule has 0 saturated heterocycles. The van der Waals surface area contributed by atoms with E-state index in [-0.39, 0.29) is 5.91 Å². The number of hydrogen-bond acceptors (Lipinski definition) is 6. The minimum atomic E-state index is -0.515. The molecule has 1 amide bonds. The Hall–Kier alpha value is -2.83. The molecule has 0 bridgehead atoms. The summed E-state index contributed by atoms with van der Waals surface area (Å²) in [6.07, 6.45) is 2.59. The van der Waals surface area contributed by atoms with Crippen molar-refractivity contribution in [3.63, 3.8) is 0 Å². The average molecular weight is 341 g/mol. The van der Waals surface area contributed by atoms with E-state index in [4.69, 9.17) is 4.74 Å². The van der Waals surface area contributed by atoms with E-state index in [1.54, 1.807) is 6.20 Å². The van der Waals surface area contributed by atoms with Crippen molar-refractivity contribution in [2.45, 2.75) is 18.9 Å². The molecule has 2 aromatic rings. The second kappa shape index (κ2) is 6.96. The van der Waals surface area contributed by atoms with Crippen molar-refractivity contribution >= 4 is 23.4 Å². The number of nitrogens with one attached hydrogen (secondary N) is 1. The van der Waals surface area contributed by atoms with Crippen molar-refractivity contribution in [1.82, 2.24) is 9.97 Å². The topological polar surface area (TPSA) is 70.6 Å². The highest BCUT2D eigenvalue weighted by atomic mass is 16.5. The van der Waals surface area contributed by atoms with Gasteiger partial charge in [-0.2, -0.15) is 4.98 Å². The molecule has 1 aromatic heterocycles. The summed E-state index contributed by atoms with van der Waals surface area (Å²) in [6, 6.07) is 7.82. The van der Waals surface area contributed by atoms with Gasteiger partial charge >= 0.3 is 0 Å². The summed E-state index contributed by atoms with van der Waals surface area (Å²) in [7, 11) is 7.51. The van der Waals surface area contributed by atoms with Crippen LogP contribution in [0.3, 0.4) is 0 Å². The Labute approximate surface area is 147 Å². The number of ether oxygens (including phenoxy) is 1. The van der Waals surface area contributed by atoms with Crippen molar-refractivity contribution < 1.29 is 9.53 Å². The lowest BCUT2D eigenvalue weighted by Crippen LogP contribution is -2.36. The molecule has 2 heterocycles. The summed E-state index contributed by atoms with van der Waals surface area (Å²) in [6.45, 7) is 0. The molecule has 1 atom stereocenters. The second-order valence-corrected chi connectivity index (χ2v) is 6.44. The first kappa shape index (κ1) is 17.0. The van der Waals surface area contributed by atoms with E-state index in [2.05, 4.69) is 15.3 Å². The van der Waals surface area contributed by atoms with Crippen LogP contribution in [0.2, 0.25) is 0 Å². The maximum absolute atomic E-state index is 12.7. The largest absolute Gasteiger partial charge is 0.480 e. The van der Waals surface area contributed by atoms with Crippen molar-refractivity contribution in [3.05, 3.63) is 36.0 Å². The number of aryl methyl sites for hydroxylation is 1. The summed E-state index contributed by atoms with van der Waals surface area (Å²) in [5, 5.41) is 2.91. The first-order valence-electron chi connectivity index (χ1n) is 8.23. The molecule has 0 aliphatic carbocycles. The third-order valence-electron chi connectivity index (χ3n) is 4.05. The molecule has 1 unspecified atom stereocenters. The van der Waals surface area contributed by atoms with Gasteiger partial charge in [-0.1, -0.05) is 18.2 Å². The van der Waals surface area contributed by atoms with Crippen LogP contribution in [-0.2, 0) is 11.2 Å². The van der Waals surface area contributed by atoms with Gasteiger partial charge in [-0.05, 0) is 24.5 Å². The van der Waals surface area contributed by atoms with Crippen molar-refractivity contribution in [1.29, 1.82) is 0 Å². The molecule has 132 valence electrons. The third kappa shape index (κ3) is 3.65. The fraction of sp³-hybridized carbons (Fsp3) is 0.389. The number of carbonyl (C=O) groups is 1.